The number of halogens is 1. The van der Waals surface area contributed by atoms with Crippen LogP contribution in [0.5, 0.6) is 0 Å². The molecule has 0 aliphatic rings. The van der Waals surface area contributed by atoms with Crippen molar-refractivity contribution in [1.82, 2.24) is 9.55 Å². The number of aliphatic hydroxyl groups is 1. The molecule has 0 fully saturated rings. The summed E-state index contributed by atoms with van der Waals surface area (Å²) >= 11 is 0. The first kappa shape index (κ1) is 14.4. The van der Waals surface area contributed by atoms with Gasteiger partial charge in [-0.25, -0.2) is 9.37 Å². The van der Waals surface area contributed by atoms with Gasteiger partial charge in [0.15, 0.2) is 0 Å². The number of benzene rings is 2. The standard InChI is InChI=1S/C17H15FN2O2/c1-10-19-16-13(4-3-5-14(16)17(22)20(10)2)11-6-7-15(18)12(8-11)9-21/h3-8,21H,9H2,1-2H3. The smallest absolute Gasteiger partial charge is 0.261 e. The molecular weight excluding hydrogens is 283 g/mol. The maximum absolute atomic E-state index is 13.6. The Kier molecular flexibility index (Phi) is 3.50. The lowest BCUT2D eigenvalue weighted by molar-refractivity contribution is 0.276. The first-order chi connectivity index (χ1) is 10.5. The minimum absolute atomic E-state index is 0.117. The Labute approximate surface area is 126 Å². The van der Waals surface area contributed by atoms with Gasteiger partial charge in [0.25, 0.3) is 5.56 Å². The predicted molar refractivity (Wildman–Crippen MR) is 83.0 cm³/mol. The molecule has 3 rings (SSSR count). The number of hydrogen-bond acceptors (Lipinski definition) is 3. The first-order valence-electron chi connectivity index (χ1n) is 6.89. The number of rotatable bonds is 2. The van der Waals surface area contributed by atoms with E-state index in [4.69, 9.17) is 0 Å². The third-order valence-corrected chi connectivity index (χ3v) is 3.86. The zero-order chi connectivity index (χ0) is 15.9. The minimum atomic E-state index is -0.452. The van der Waals surface area contributed by atoms with Crippen molar-refractivity contribution in [3.05, 3.63) is 64.0 Å². The molecule has 0 saturated carbocycles. The molecule has 0 amide bonds. The Morgan fingerprint density at radius 2 is 2.05 bits per heavy atom. The summed E-state index contributed by atoms with van der Waals surface area (Å²) in [5, 5.41) is 9.73. The molecule has 112 valence electrons. The summed E-state index contributed by atoms with van der Waals surface area (Å²) in [4.78, 5) is 16.8. The summed E-state index contributed by atoms with van der Waals surface area (Å²) < 4.78 is 15.0. The number of hydrogen-bond donors (Lipinski definition) is 1. The average molecular weight is 298 g/mol. The molecule has 0 spiro atoms. The largest absolute Gasteiger partial charge is 0.392 e. The number of aryl methyl sites for hydroxylation is 1. The predicted octanol–water partition coefficient (Wildman–Crippen LogP) is 2.54. The fraction of sp³-hybridized carbons (Fsp3) is 0.176. The highest BCUT2D eigenvalue weighted by atomic mass is 19.1. The molecule has 4 nitrogen and oxygen atoms in total. The Morgan fingerprint density at radius 1 is 1.27 bits per heavy atom. The van der Waals surface area contributed by atoms with Crippen LogP contribution in [0.1, 0.15) is 11.4 Å². The van der Waals surface area contributed by atoms with E-state index < -0.39 is 5.82 Å². The Morgan fingerprint density at radius 3 is 2.77 bits per heavy atom. The maximum atomic E-state index is 13.6. The van der Waals surface area contributed by atoms with Gasteiger partial charge >= 0.3 is 0 Å². The van der Waals surface area contributed by atoms with Gasteiger partial charge in [-0.2, -0.15) is 0 Å². The van der Waals surface area contributed by atoms with E-state index in [0.29, 0.717) is 16.7 Å². The second-order valence-electron chi connectivity index (χ2n) is 5.19. The van der Waals surface area contributed by atoms with Crippen molar-refractivity contribution in [2.24, 2.45) is 7.05 Å². The van der Waals surface area contributed by atoms with Gasteiger partial charge in [0.1, 0.15) is 11.6 Å². The highest BCUT2D eigenvalue weighted by Gasteiger charge is 2.12. The van der Waals surface area contributed by atoms with Gasteiger partial charge in [0, 0.05) is 18.2 Å². The van der Waals surface area contributed by atoms with E-state index in [1.54, 1.807) is 38.2 Å². The fourth-order valence-electron chi connectivity index (χ4n) is 2.50. The van der Waals surface area contributed by atoms with Crippen LogP contribution in [0.3, 0.4) is 0 Å². The van der Waals surface area contributed by atoms with Crippen LogP contribution in [0.2, 0.25) is 0 Å². The molecule has 0 aliphatic carbocycles. The number of aromatic nitrogens is 2. The van der Waals surface area contributed by atoms with E-state index in [0.717, 1.165) is 11.1 Å². The second kappa shape index (κ2) is 5.35. The summed E-state index contributed by atoms with van der Waals surface area (Å²) in [5.41, 5.74) is 2.15. The van der Waals surface area contributed by atoms with Gasteiger partial charge in [-0.3, -0.25) is 9.36 Å². The topological polar surface area (TPSA) is 55.1 Å². The molecule has 0 saturated heterocycles. The Hall–Kier alpha value is -2.53. The molecule has 1 N–H and O–H groups in total. The van der Waals surface area contributed by atoms with Gasteiger partial charge < -0.3 is 5.11 Å². The molecule has 3 aromatic rings. The number of nitrogens with zero attached hydrogens (tertiary/aromatic N) is 2. The van der Waals surface area contributed by atoms with E-state index in [1.807, 2.05) is 6.07 Å². The van der Waals surface area contributed by atoms with Crippen LogP contribution in [-0.2, 0) is 13.7 Å². The second-order valence-corrected chi connectivity index (χ2v) is 5.19. The van der Waals surface area contributed by atoms with Gasteiger partial charge in [-0.05, 0) is 30.7 Å². The zero-order valence-corrected chi connectivity index (χ0v) is 12.3. The van der Waals surface area contributed by atoms with Crippen LogP contribution in [0.15, 0.2) is 41.2 Å². The van der Waals surface area contributed by atoms with Gasteiger partial charge in [-0.15, -0.1) is 0 Å². The van der Waals surface area contributed by atoms with Gasteiger partial charge in [-0.1, -0.05) is 18.2 Å². The Bertz CT molecular complexity index is 932. The zero-order valence-electron chi connectivity index (χ0n) is 12.3. The monoisotopic (exact) mass is 298 g/mol. The molecule has 22 heavy (non-hydrogen) atoms. The van der Waals surface area contributed by atoms with E-state index in [2.05, 4.69) is 4.98 Å². The summed E-state index contributed by atoms with van der Waals surface area (Å²) in [6.07, 6.45) is 0. The summed E-state index contributed by atoms with van der Waals surface area (Å²) in [6, 6.07) is 9.86. The van der Waals surface area contributed by atoms with E-state index >= 15 is 0 Å². The van der Waals surface area contributed by atoms with Crippen molar-refractivity contribution < 1.29 is 9.50 Å². The molecule has 0 unspecified atom stereocenters. The molecule has 2 aromatic carbocycles. The summed E-state index contributed by atoms with van der Waals surface area (Å²) in [7, 11) is 1.68. The minimum Gasteiger partial charge on any atom is -0.392 e. The molecule has 1 heterocycles. The molecule has 0 aliphatic heterocycles. The molecule has 0 radical (unpaired) electrons. The number of fused-ring (bicyclic) bond motifs is 1. The van der Waals surface area contributed by atoms with Crippen molar-refractivity contribution in [2.75, 3.05) is 0 Å². The third kappa shape index (κ3) is 2.19. The van der Waals surface area contributed by atoms with E-state index in [1.165, 1.54) is 10.6 Å². The number of aliphatic hydroxyl groups excluding tert-OH is 1. The average Bonchev–Trinajstić information content (AvgIpc) is 2.53. The van der Waals surface area contributed by atoms with E-state index in [9.17, 15) is 14.3 Å². The van der Waals surface area contributed by atoms with E-state index in [-0.39, 0.29) is 17.7 Å². The quantitative estimate of drug-likeness (QED) is 0.791. The first-order valence-corrected chi connectivity index (χ1v) is 6.89. The van der Waals surface area contributed by atoms with Crippen molar-refractivity contribution in [3.63, 3.8) is 0 Å². The van der Waals surface area contributed by atoms with Crippen LogP contribution in [0, 0.1) is 12.7 Å². The highest BCUT2D eigenvalue weighted by Crippen LogP contribution is 2.27. The van der Waals surface area contributed by atoms with Gasteiger partial charge in [0.2, 0.25) is 0 Å². The maximum Gasteiger partial charge on any atom is 0.261 e. The molecule has 5 heteroatoms. The third-order valence-electron chi connectivity index (χ3n) is 3.86. The van der Waals surface area contributed by atoms with Crippen LogP contribution >= 0.6 is 0 Å². The number of para-hydroxylation sites is 1. The van der Waals surface area contributed by atoms with Crippen molar-refractivity contribution >= 4 is 10.9 Å². The van der Waals surface area contributed by atoms with Crippen molar-refractivity contribution in [3.8, 4) is 11.1 Å². The highest BCUT2D eigenvalue weighted by molar-refractivity contribution is 5.93. The molecule has 0 bridgehead atoms. The molecular formula is C17H15FN2O2. The summed E-state index contributed by atoms with van der Waals surface area (Å²) in [5.74, 6) is 0.154. The molecule has 1 aromatic heterocycles. The van der Waals surface area contributed by atoms with Crippen LogP contribution in [-0.4, -0.2) is 14.7 Å². The van der Waals surface area contributed by atoms with Gasteiger partial charge in [0.05, 0.1) is 17.5 Å². The fourth-order valence-corrected chi connectivity index (χ4v) is 2.50. The SMILES string of the molecule is Cc1nc2c(-c3ccc(F)c(CO)c3)cccc2c(=O)n1C. The lowest BCUT2D eigenvalue weighted by Gasteiger charge is -2.10. The lowest BCUT2D eigenvalue weighted by Crippen LogP contribution is -2.20. The van der Waals surface area contributed by atoms with Crippen LogP contribution in [0.4, 0.5) is 4.39 Å². The normalized spacial score (nSPS) is 11.1. The molecule has 0 atom stereocenters. The summed E-state index contributed by atoms with van der Waals surface area (Å²) in [6.45, 7) is 1.39. The van der Waals surface area contributed by atoms with Crippen LogP contribution in [0.25, 0.3) is 22.0 Å². The Balaban J connectivity index is 2.35. The van der Waals surface area contributed by atoms with Crippen molar-refractivity contribution in [2.45, 2.75) is 13.5 Å². The van der Waals surface area contributed by atoms with Crippen LogP contribution < -0.4 is 5.56 Å². The van der Waals surface area contributed by atoms with Crippen molar-refractivity contribution in [1.29, 1.82) is 0 Å². The lowest BCUT2D eigenvalue weighted by atomic mass is 10.0.